The minimum atomic E-state index is -0.618. The van der Waals surface area contributed by atoms with E-state index >= 15 is 0 Å². The molecule has 0 bridgehead atoms. The van der Waals surface area contributed by atoms with Crippen LogP contribution in [0.5, 0.6) is 0 Å². The molecule has 0 aliphatic carbocycles. The molecule has 1 heterocycles. The Morgan fingerprint density at radius 1 is 1.10 bits per heavy atom. The zero-order valence-corrected chi connectivity index (χ0v) is 17.3. The molecule has 5 nitrogen and oxygen atoms in total. The first-order valence-corrected chi connectivity index (χ1v) is 10.3. The Morgan fingerprint density at radius 3 is 2.59 bits per heavy atom. The molecular formula is C24H30N2O3. The number of likely N-dealkylation sites (tertiary alicyclic amines) is 1. The average Bonchev–Trinajstić information content (AvgIpc) is 2.75. The number of rotatable bonds is 7. The molecule has 1 N–H and O–H groups in total. The number of ether oxygens (including phenoxy) is 1. The normalized spacial score (nSPS) is 19.0. The number of nitrogens with one attached hydrogen (secondary N) is 1. The lowest BCUT2D eigenvalue weighted by atomic mass is 9.74. The van der Waals surface area contributed by atoms with Crippen LogP contribution in [0.1, 0.15) is 25.3 Å². The van der Waals surface area contributed by atoms with Crippen molar-refractivity contribution < 1.29 is 14.3 Å². The van der Waals surface area contributed by atoms with Crippen molar-refractivity contribution in [3.63, 3.8) is 0 Å². The SMILES string of the molecule is CCNC(=O)[C@]1(Cc2cccc(-c3ccccc3)c2)CCCN(C(=O)COC)C1. The van der Waals surface area contributed by atoms with Crippen LogP contribution in [0, 0.1) is 5.41 Å². The molecule has 1 aliphatic heterocycles. The summed E-state index contributed by atoms with van der Waals surface area (Å²) in [6, 6.07) is 18.6. The molecule has 0 spiro atoms. The fourth-order valence-corrected chi connectivity index (χ4v) is 4.20. The molecule has 2 aromatic rings. The Morgan fingerprint density at radius 2 is 1.86 bits per heavy atom. The molecule has 1 atom stereocenters. The van der Waals surface area contributed by atoms with Crippen molar-refractivity contribution in [2.45, 2.75) is 26.2 Å². The smallest absolute Gasteiger partial charge is 0.248 e. The van der Waals surface area contributed by atoms with Crippen molar-refractivity contribution in [2.24, 2.45) is 5.41 Å². The Hall–Kier alpha value is -2.66. The molecule has 3 rings (SSSR count). The third-order valence-corrected chi connectivity index (χ3v) is 5.59. The number of amides is 2. The summed E-state index contributed by atoms with van der Waals surface area (Å²) in [6.45, 7) is 3.66. The summed E-state index contributed by atoms with van der Waals surface area (Å²) in [5.74, 6) is -0.0288. The molecule has 1 saturated heterocycles. The van der Waals surface area contributed by atoms with E-state index in [1.165, 1.54) is 7.11 Å². The summed E-state index contributed by atoms with van der Waals surface area (Å²) in [5, 5.41) is 3.01. The molecule has 0 unspecified atom stereocenters. The highest BCUT2D eigenvalue weighted by molar-refractivity contribution is 5.85. The summed E-state index contributed by atoms with van der Waals surface area (Å²) >= 11 is 0. The highest BCUT2D eigenvalue weighted by Gasteiger charge is 2.43. The zero-order chi connectivity index (χ0) is 20.7. The Bertz CT molecular complexity index is 837. The van der Waals surface area contributed by atoms with E-state index in [4.69, 9.17) is 4.74 Å². The van der Waals surface area contributed by atoms with Gasteiger partial charge in [0.15, 0.2) is 0 Å². The number of piperidine rings is 1. The van der Waals surface area contributed by atoms with Crippen LogP contribution in [0.15, 0.2) is 54.6 Å². The molecule has 1 fully saturated rings. The molecule has 0 aromatic heterocycles. The van der Waals surface area contributed by atoms with Gasteiger partial charge in [-0.15, -0.1) is 0 Å². The predicted octanol–water partition coefficient (Wildman–Crippen LogP) is 3.29. The predicted molar refractivity (Wildman–Crippen MR) is 114 cm³/mol. The summed E-state index contributed by atoms with van der Waals surface area (Å²) < 4.78 is 5.02. The molecule has 29 heavy (non-hydrogen) atoms. The second kappa shape index (κ2) is 9.70. The standard InChI is InChI=1S/C24H30N2O3/c1-3-25-23(28)24(13-8-14-26(18-24)22(27)17-29-2)16-19-9-7-12-21(15-19)20-10-5-4-6-11-20/h4-7,9-12,15H,3,8,13-14,16-18H2,1-2H3,(H,25,28)/t24-/m0/s1. The first-order valence-electron chi connectivity index (χ1n) is 10.3. The van der Waals surface area contributed by atoms with Crippen LogP contribution in [0.3, 0.4) is 0 Å². The highest BCUT2D eigenvalue weighted by Crippen LogP contribution is 2.35. The van der Waals surface area contributed by atoms with E-state index in [-0.39, 0.29) is 18.4 Å². The van der Waals surface area contributed by atoms with Gasteiger partial charge in [-0.2, -0.15) is 0 Å². The summed E-state index contributed by atoms with van der Waals surface area (Å²) in [7, 11) is 1.52. The molecule has 0 saturated carbocycles. The third-order valence-electron chi connectivity index (χ3n) is 5.59. The van der Waals surface area contributed by atoms with Crippen LogP contribution in [0.25, 0.3) is 11.1 Å². The quantitative estimate of drug-likeness (QED) is 0.784. The van der Waals surface area contributed by atoms with Crippen molar-refractivity contribution >= 4 is 11.8 Å². The van der Waals surface area contributed by atoms with E-state index in [1.54, 1.807) is 4.90 Å². The van der Waals surface area contributed by atoms with Gasteiger partial charge >= 0.3 is 0 Å². The van der Waals surface area contributed by atoms with Gasteiger partial charge in [-0.1, -0.05) is 54.6 Å². The van der Waals surface area contributed by atoms with E-state index in [0.717, 1.165) is 29.5 Å². The monoisotopic (exact) mass is 394 g/mol. The van der Waals surface area contributed by atoms with Gasteiger partial charge in [0.1, 0.15) is 6.61 Å². The number of hydrogen-bond donors (Lipinski definition) is 1. The third kappa shape index (κ3) is 5.04. The van der Waals surface area contributed by atoms with Crippen LogP contribution < -0.4 is 5.32 Å². The van der Waals surface area contributed by atoms with Crippen LogP contribution in [-0.4, -0.2) is 50.1 Å². The van der Waals surface area contributed by atoms with Gasteiger partial charge in [0.05, 0.1) is 5.41 Å². The number of methoxy groups -OCH3 is 1. The van der Waals surface area contributed by atoms with Gasteiger partial charge < -0.3 is 15.0 Å². The Kier molecular flexibility index (Phi) is 7.04. The summed E-state index contributed by atoms with van der Waals surface area (Å²) in [4.78, 5) is 27.3. The Balaban J connectivity index is 1.88. The van der Waals surface area contributed by atoms with Gasteiger partial charge in [-0.05, 0) is 42.9 Å². The maximum atomic E-state index is 13.1. The van der Waals surface area contributed by atoms with E-state index in [0.29, 0.717) is 26.1 Å². The molecule has 5 heteroatoms. The van der Waals surface area contributed by atoms with Crippen molar-refractivity contribution in [3.05, 3.63) is 60.2 Å². The number of carbonyl (C=O) groups excluding carboxylic acids is 2. The zero-order valence-electron chi connectivity index (χ0n) is 17.3. The lowest BCUT2D eigenvalue weighted by molar-refractivity contribution is -0.144. The van der Waals surface area contributed by atoms with E-state index in [1.807, 2.05) is 31.2 Å². The largest absolute Gasteiger partial charge is 0.375 e. The number of carbonyl (C=O) groups is 2. The van der Waals surface area contributed by atoms with Crippen molar-refractivity contribution in [1.29, 1.82) is 0 Å². The summed E-state index contributed by atoms with van der Waals surface area (Å²) in [5.41, 5.74) is 2.78. The topological polar surface area (TPSA) is 58.6 Å². The van der Waals surface area contributed by atoms with E-state index in [9.17, 15) is 9.59 Å². The highest BCUT2D eigenvalue weighted by atomic mass is 16.5. The van der Waals surface area contributed by atoms with Gasteiger partial charge in [-0.25, -0.2) is 0 Å². The maximum Gasteiger partial charge on any atom is 0.248 e. The second-order valence-corrected chi connectivity index (χ2v) is 7.73. The summed E-state index contributed by atoms with van der Waals surface area (Å²) in [6.07, 6.45) is 2.19. The Labute approximate surface area is 173 Å². The fraction of sp³-hybridized carbons (Fsp3) is 0.417. The van der Waals surface area contributed by atoms with Crippen LogP contribution in [0.2, 0.25) is 0 Å². The van der Waals surface area contributed by atoms with E-state index < -0.39 is 5.41 Å². The lowest BCUT2D eigenvalue weighted by Gasteiger charge is -2.42. The number of nitrogens with zero attached hydrogens (tertiary/aromatic N) is 1. The minimum absolute atomic E-state index is 0.0278. The van der Waals surface area contributed by atoms with Gasteiger partial charge in [0, 0.05) is 26.7 Å². The first-order chi connectivity index (χ1) is 14.1. The van der Waals surface area contributed by atoms with E-state index in [2.05, 4.69) is 35.6 Å². The van der Waals surface area contributed by atoms with Crippen molar-refractivity contribution in [3.8, 4) is 11.1 Å². The van der Waals surface area contributed by atoms with Gasteiger partial charge in [0.2, 0.25) is 11.8 Å². The van der Waals surface area contributed by atoms with Crippen molar-refractivity contribution in [2.75, 3.05) is 33.4 Å². The van der Waals surface area contributed by atoms with Crippen LogP contribution >= 0.6 is 0 Å². The molecule has 2 amide bonds. The number of benzene rings is 2. The minimum Gasteiger partial charge on any atom is -0.375 e. The fourth-order valence-electron chi connectivity index (χ4n) is 4.20. The molecule has 1 aliphatic rings. The van der Waals surface area contributed by atoms with Crippen LogP contribution in [0.4, 0.5) is 0 Å². The van der Waals surface area contributed by atoms with Gasteiger partial charge in [0.25, 0.3) is 0 Å². The second-order valence-electron chi connectivity index (χ2n) is 7.73. The molecular weight excluding hydrogens is 364 g/mol. The first kappa shape index (κ1) is 21.1. The average molecular weight is 395 g/mol. The number of hydrogen-bond acceptors (Lipinski definition) is 3. The van der Waals surface area contributed by atoms with Crippen LogP contribution in [-0.2, 0) is 20.7 Å². The molecule has 0 radical (unpaired) electrons. The van der Waals surface area contributed by atoms with Gasteiger partial charge in [-0.3, -0.25) is 9.59 Å². The van der Waals surface area contributed by atoms with Crippen molar-refractivity contribution in [1.82, 2.24) is 10.2 Å². The maximum absolute atomic E-state index is 13.1. The lowest BCUT2D eigenvalue weighted by Crippen LogP contribution is -2.55. The molecule has 154 valence electrons. The molecule has 2 aromatic carbocycles.